The number of morpholine rings is 1. The highest BCUT2D eigenvalue weighted by atomic mass is 32.1. The van der Waals surface area contributed by atoms with E-state index in [4.69, 9.17) is 4.74 Å². The predicted molar refractivity (Wildman–Crippen MR) is 86.2 cm³/mol. The van der Waals surface area contributed by atoms with Gasteiger partial charge in [-0.15, -0.1) is 11.3 Å². The Morgan fingerprint density at radius 3 is 3.09 bits per heavy atom. The molecule has 2 heterocycles. The van der Waals surface area contributed by atoms with E-state index in [0.29, 0.717) is 13.2 Å². The van der Waals surface area contributed by atoms with E-state index < -0.39 is 0 Å². The smallest absolute Gasteiger partial charge is 0.255 e. The molecule has 2 aromatic rings. The molecule has 0 bridgehead atoms. The molecule has 1 N–H and O–H groups in total. The molecular formula is C17H19NO3S. The average molecular weight is 317 g/mol. The van der Waals surface area contributed by atoms with Gasteiger partial charge < -0.3 is 14.7 Å². The highest BCUT2D eigenvalue weighted by Gasteiger charge is 2.43. The number of carbonyl (C=O) groups is 1. The molecule has 1 saturated carbocycles. The van der Waals surface area contributed by atoms with Crippen molar-refractivity contribution in [1.82, 2.24) is 4.90 Å². The molecule has 4 rings (SSSR count). The van der Waals surface area contributed by atoms with Gasteiger partial charge in [-0.3, -0.25) is 4.79 Å². The second-order valence-electron chi connectivity index (χ2n) is 6.14. The quantitative estimate of drug-likeness (QED) is 0.926. The highest BCUT2D eigenvalue weighted by molar-refractivity contribution is 7.17. The van der Waals surface area contributed by atoms with Crippen LogP contribution in [0.15, 0.2) is 29.6 Å². The lowest BCUT2D eigenvalue weighted by Gasteiger charge is -2.37. The van der Waals surface area contributed by atoms with Crippen molar-refractivity contribution in [2.75, 3.05) is 19.8 Å². The Hall–Kier alpha value is -1.43. The number of benzene rings is 1. The minimum absolute atomic E-state index is 0.0831. The summed E-state index contributed by atoms with van der Waals surface area (Å²) >= 11 is 1.62. The third-order valence-electron chi connectivity index (χ3n) is 4.86. The zero-order valence-electron chi connectivity index (χ0n) is 12.3. The molecule has 1 unspecified atom stereocenters. The van der Waals surface area contributed by atoms with Crippen LogP contribution in [0.3, 0.4) is 0 Å². The molecule has 1 aromatic carbocycles. The zero-order valence-corrected chi connectivity index (χ0v) is 13.1. The van der Waals surface area contributed by atoms with Crippen LogP contribution >= 0.6 is 11.3 Å². The number of aliphatic hydroxyl groups is 1. The predicted octanol–water partition coefficient (Wildman–Crippen LogP) is 2.51. The molecule has 1 amide bonds. The van der Waals surface area contributed by atoms with E-state index in [1.54, 1.807) is 11.3 Å². The summed E-state index contributed by atoms with van der Waals surface area (Å²) in [5.74, 6) is 0.358. The maximum Gasteiger partial charge on any atom is 0.255 e. The summed E-state index contributed by atoms with van der Waals surface area (Å²) in [5, 5.41) is 12.4. The summed E-state index contributed by atoms with van der Waals surface area (Å²) in [6.07, 6.45) is 1.78. The van der Waals surface area contributed by atoms with Crippen LogP contribution in [0.4, 0.5) is 0 Å². The first-order chi connectivity index (χ1) is 10.8. The second kappa shape index (κ2) is 5.65. The lowest BCUT2D eigenvalue weighted by molar-refractivity contribution is -0.0448. The van der Waals surface area contributed by atoms with E-state index in [-0.39, 0.29) is 30.6 Å². The highest BCUT2D eigenvalue weighted by Crippen LogP contribution is 2.36. The molecule has 0 spiro atoms. The summed E-state index contributed by atoms with van der Waals surface area (Å²) in [4.78, 5) is 15.0. The van der Waals surface area contributed by atoms with Gasteiger partial charge in [-0.05, 0) is 24.8 Å². The first kappa shape index (κ1) is 14.2. The average Bonchev–Trinajstić information content (AvgIpc) is 3.17. The summed E-state index contributed by atoms with van der Waals surface area (Å²) in [7, 11) is 0. The number of aliphatic hydroxyl groups excluding tert-OH is 1. The van der Waals surface area contributed by atoms with Gasteiger partial charge >= 0.3 is 0 Å². The molecule has 2 aliphatic rings. The number of carbonyl (C=O) groups excluding carboxylic acids is 1. The molecule has 1 aliphatic carbocycles. The van der Waals surface area contributed by atoms with Crippen molar-refractivity contribution >= 4 is 27.3 Å². The van der Waals surface area contributed by atoms with Crippen LogP contribution in [0, 0.1) is 5.92 Å². The van der Waals surface area contributed by atoms with Gasteiger partial charge in [-0.1, -0.05) is 18.2 Å². The molecule has 4 nitrogen and oxygen atoms in total. The van der Waals surface area contributed by atoms with Crippen LogP contribution in [0.2, 0.25) is 0 Å². The first-order valence-corrected chi connectivity index (χ1v) is 8.65. The minimum Gasteiger partial charge on any atom is -0.396 e. The summed E-state index contributed by atoms with van der Waals surface area (Å²) in [6.45, 7) is 1.41. The molecule has 0 radical (unpaired) electrons. The fourth-order valence-corrected chi connectivity index (χ4v) is 4.68. The van der Waals surface area contributed by atoms with Crippen LogP contribution in [0.1, 0.15) is 23.2 Å². The van der Waals surface area contributed by atoms with Gasteiger partial charge in [-0.25, -0.2) is 0 Å². The number of amides is 1. The monoisotopic (exact) mass is 317 g/mol. The van der Waals surface area contributed by atoms with E-state index in [9.17, 15) is 9.90 Å². The molecule has 116 valence electrons. The molecule has 2 fully saturated rings. The number of hydrogen-bond acceptors (Lipinski definition) is 4. The third-order valence-corrected chi connectivity index (χ3v) is 5.83. The number of thiophene rings is 1. The van der Waals surface area contributed by atoms with Crippen LogP contribution in [0.25, 0.3) is 10.1 Å². The Morgan fingerprint density at radius 2 is 2.23 bits per heavy atom. The van der Waals surface area contributed by atoms with E-state index in [0.717, 1.165) is 28.5 Å². The van der Waals surface area contributed by atoms with Crippen LogP contribution in [-0.4, -0.2) is 47.8 Å². The lowest BCUT2D eigenvalue weighted by atomic mass is 10.1. The fourth-order valence-electron chi connectivity index (χ4n) is 3.75. The second-order valence-corrected chi connectivity index (χ2v) is 7.05. The Balaban J connectivity index is 1.64. The van der Waals surface area contributed by atoms with E-state index >= 15 is 0 Å². The van der Waals surface area contributed by atoms with E-state index in [1.165, 1.54) is 0 Å². The van der Waals surface area contributed by atoms with Crippen LogP contribution in [-0.2, 0) is 4.74 Å². The molecule has 1 saturated heterocycles. The summed E-state index contributed by atoms with van der Waals surface area (Å²) in [6, 6.07) is 8.15. The Bertz CT molecular complexity index is 698. The number of nitrogens with zero attached hydrogens (tertiary/aromatic N) is 1. The molecule has 5 heteroatoms. The molecule has 22 heavy (non-hydrogen) atoms. The van der Waals surface area contributed by atoms with Crippen molar-refractivity contribution in [1.29, 1.82) is 0 Å². The van der Waals surface area contributed by atoms with Gasteiger partial charge in [0, 0.05) is 28.6 Å². The number of fused-ring (bicyclic) bond motifs is 2. The maximum absolute atomic E-state index is 13.0. The van der Waals surface area contributed by atoms with Crippen LogP contribution in [0.5, 0.6) is 0 Å². The van der Waals surface area contributed by atoms with E-state index in [1.807, 2.05) is 28.5 Å². The molecule has 1 aromatic heterocycles. The normalized spacial score (nSPS) is 28.0. The zero-order chi connectivity index (χ0) is 15.1. The Labute approximate surface area is 133 Å². The van der Waals surface area contributed by atoms with Gasteiger partial charge in [0.05, 0.1) is 24.3 Å². The van der Waals surface area contributed by atoms with Crippen molar-refractivity contribution in [3.63, 3.8) is 0 Å². The van der Waals surface area contributed by atoms with Crippen molar-refractivity contribution in [3.05, 3.63) is 35.2 Å². The standard InChI is InChI=1S/C17H19NO3S/c19-9-11-7-14-15(8-11)21-6-5-18(14)17(20)13-10-22-16-4-2-1-3-12(13)16/h1-4,10-11,14-15,19H,5-9H2/t11-,14+,15?/m1/s1. The van der Waals surface area contributed by atoms with Crippen molar-refractivity contribution in [2.45, 2.75) is 25.0 Å². The van der Waals surface area contributed by atoms with Crippen LogP contribution < -0.4 is 0 Å². The van der Waals surface area contributed by atoms with Crippen molar-refractivity contribution < 1.29 is 14.6 Å². The summed E-state index contributed by atoms with van der Waals surface area (Å²) < 4.78 is 6.97. The van der Waals surface area contributed by atoms with Crippen molar-refractivity contribution in [2.24, 2.45) is 5.92 Å². The van der Waals surface area contributed by atoms with Crippen molar-refractivity contribution in [3.8, 4) is 0 Å². The topological polar surface area (TPSA) is 49.8 Å². The van der Waals surface area contributed by atoms with Gasteiger partial charge in [0.15, 0.2) is 0 Å². The van der Waals surface area contributed by atoms with Gasteiger partial charge in [0.25, 0.3) is 5.91 Å². The summed E-state index contributed by atoms with van der Waals surface area (Å²) in [5.41, 5.74) is 0.800. The van der Waals surface area contributed by atoms with E-state index in [2.05, 4.69) is 6.07 Å². The third kappa shape index (κ3) is 2.24. The first-order valence-electron chi connectivity index (χ1n) is 7.77. The largest absolute Gasteiger partial charge is 0.396 e. The molecule has 3 atom stereocenters. The Morgan fingerprint density at radius 1 is 1.36 bits per heavy atom. The number of ether oxygens (including phenoxy) is 1. The molecular weight excluding hydrogens is 298 g/mol. The SMILES string of the molecule is O=C(c1csc2ccccc12)N1CCOC2C[C@H](CO)C[C@@H]21. The maximum atomic E-state index is 13.0. The fraction of sp³-hybridized carbons (Fsp3) is 0.471. The lowest BCUT2D eigenvalue weighted by Crippen LogP contribution is -2.51. The number of rotatable bonds is 2. The Kier molecular flexibility index (Phi) is 3.64. The molecule has 1 aliphatic heterocycles. The minimum atomic E-state index is 0.0831. The van der Waals surface area contributed by atoms with Gasteiger partial charge in [0.2, 0.25) is 0 Å². The van der Waals surface area contributed by atoms with Gasteiger partial charge in [-0.2, -0.15) is 0 Å². The van der Waals surface area contributed by atoms with Gasteiger partial charge in [0.1, 0.15) is 0 Å². The number of hydrogen-bond donors (Lipinski definition) is 1.